The number of ether oxygens (including phenoxy) is 1. The van der Waals surface area contributed by atoms with E-state index in [4.69, 9.17) is 4.74 Å². The van der Waals surface area contributed by atoms with Crippen LogP contribution in [0.5, 0.6) is 0 Å². The molecule has 21 heavy (non-hydrogen) atoms. The number of hydrogen-bond acceptors (Lipinski definition) is 3. The second-order valence-corrected chi connectivity index (χ2v) is 7.95. The van der Waals surface area contributed by atoms with E-state index in [0.29, 0.717) is 6.42 Å². The highest BCUT2D eigenvalue weighted by Gasteiger charge is 2.32. The molecule has 1 heterocycles. The number of rotatable bonds is 13. The van der Waals surface area contributed by atoms with E-state index in [9.17, 15) is 4.79 Å². The van der Waals surface area contributed by atoms with Crippen molar-refractivity contribution < 1.29 is 9.53 Å². The molecule has 1 unspecified atom stereocenters. The van der Waals surface area contributed by atoms with Crippen LogP contribution in [0.1, 0.15) is 84.0 Å². The lowest BCUT2D eigenvalue weighted by molar-refractivity contribution is -0.108. The van der Waals surface area contributed by atoms with Crippen LogP contribution >= 0.6 is 11.8 Å². The van der Waals surface area contributed by atoms with Crippen LogP contribution in [0.4, 0.5) is 0 Å². The van der Waals surface area contributed by atoms with E-state index in [-0.39, 0.29) is 4.75 Å². The topological polar surface area (TPSA) is 26.3 Å². The molecule has 0 amide bonds. The van der Waals surface area contributed by atoms with Crippen molar-refractivity contribution in [1.29, 1.82) is 0 Å². The zero-order valence-corrected chi connectivity index (χ0v) is 14.7. The van der Waals surface area contributed by atoms with Crippen LogP contribution in [0.25, 0.3) is 0 Å². The van der Waals surface area contributed by atoms with Gasteiger partial charge in [0.1, 0.15) is 6.29 Å². The Kier molecular flexibility index (Phi) is 11.3. The lowest BCUT2D eigenvalue weighted by atomic mass is 9.97. The van der Waals surface area contributed by atoms with E-state index >= 15 is 0 Å². The Labute approximate surface area is 135 Å². The first-order valence-electron chi connectivity index (χ1n) is 8.98. The summed E-state index contributed by atoms with van der Waals surface area (Å²) in [4.78, 5) is 10.9. The smallest absolute Gasteiger partial charge is 0.121 e. The summed E-state index contributed by atoms with van der Waals surface area (Å²) in [6, 6.07) is 0. The average molecular weight is 315 g/mol. The largest absolute Gasteiger partial charge is 0.379 e. The zero-order valence-electron chi connectivity index (χ0n) is 13.9. The molecule has 2 nitrogen and oxygen atoms in total. The van der Waals surface area contributed by atoms with Gasteiger partial charge in [-0.1, -0.05) is 71.1 Å². The van der Waals surface area contributed by atoms with E-state index in [1.165, 1.54) is 64.2 Å². The molecule has 1 atom stereocenters. The minimum absolute atomic E-state index is 0.0974. The SMILES string of the molecule is CCCCCCCCCCCCC1(CC=O)COCCS1. The highest BCUT2D eigenvalue weighted by atomic mass is 32.2. The van der Waals surface area contributed by atoms with Crippen molar-refractivity contribution in [2.24, 2.45) is 0 Å². The minimum atomic E-state index is 0.0974. The lowest BCUT2D eigenvalue weighted by Gasteiger charge is -2.35. The van der Waals surface area contributed by atoms with Gasteiger partial charge in [0.15, 0.2) is 0 Å². The Morgan fingerprint density at radius 3 is 2.14 bits per heavy atom. The van der Waals surface area contributed by atoms with Crippen LogP contribution in [0.15, 0.2) is 0 Å². The molecule has 1 aliphatic rings. The van der Waals surface area contributed by atoms with Gasteiger partial charge in [0.2, 0.25) is 0 Å². The molecule has 0 aromatic heterocycles. The van der Waals surface area contributed by atoms with Crippen molar-refractivity contribution in [3.63, 3.8) is 0 Å². The summed E-state index contributed by atoms with van der Waals surface area (Å²) in [7, 11) is 0. The summed E-state index contributed by atoms with van der Waals surface area (Å²) in [5.41, 5.74) is 0. The standard InChI is InChI=1S/C18H34O2S/c1-2-3-4-5-6-7-8-9-10-11-12-18(13-14-19)17-20-15-16-21-18/h14H,2-13,15-17H2,1H3. The molecule has 0 spiro atoms. The van der Waals surface area contributed by atoms with Gasteiger partial charge in [-0.2, -0.15) is 0 Å². The van der Waals surface area contributed by atoms with Crippen LogP contribution in [-0.4, -0.2) is 30.0 Å². The fourth-order valence-electron chi connectivity index (χ4n) is 3.07. The summed E-state index contributed by atoms with van der Waals surface area (Å²) in [5.74, 6) is 1.05. The predicted octanol–water partition coefficient (Wildman–Crippen LogP) is 5.39. The molecule has 3 heteroatoms. The van der Waals surface area contributed by atoms with Gasteiger partial charge in [0.05, 0.1) is 13.2 Å². The summed E-state index contributed by atoms with van der Waals surface area (Å²) in [5, 5.41) is 0. The summed E-state index contributed by atoms with van der Waals surface area (Å²) < 4.78 is 5.70. The molecule has 0 saturated carbocycles. The molecule has 0 aromatic rings. The first-order chi connectivity index (χ1) is 10.3. The van der Waals surface area contributed by atoms with Gasteiger partial charge < -0.3 is 9.53 Å². The van der Waals surface area contributed by atoms with Crippen molar-refractivity contribution in [3.8, 4) is 0 Å². The maximum absolute atomic E-state index is 10.9. The first-order valence-corrected chi connectivity index (χ1v) is 9.97. The normalized spacial score (nSPS) is 22.3. The van der Waals surface area contributed by atoms with Crippen LogP contribution < -0.4 is 0 Å². The Bertz CT molecular complexity index is 250. The van der Waals surface area contributed by atoms with Crippen LogP contribution in [0.3, 0.4) is 0 Å². The summed E-state index contributed by atoms with van der Waals surface area (Å²) in [6.45, 7) is 3.89. The third-order valence-electron chi connectivity index (χ3n) is 4.44. The quantitative estimate of drug-likeness (QED) is 0.337. The minimum Gasteiger partial charge on any atom is -0.379 e. The number of aldehydes is 1. The van der Waals surface area contributed by atoms with Gasteiger partial charge in [-0.05, 0) is 6.42 Å². The molecule has 1 aliphatic heterocycles. The molecule has 1 rings (SSSR count). The van der Waals surface area contributed by atoms with Gasteiger partial charge in [-0.3, -0.25) is 0 Å². The molecule has 1 saturated heterocycles. The van der Waals surface area contributed by atoms with Gasteiger partial charge >= 0.3 is 0 Å². The van der Waals surface area contributed by atoms with Gasteiger partial charge in [0.25, 0.3) is 0 Å². The second kappa shape index (κ2) is 12.5. The third-order valence-corrected chi connectivity index (χ3v) is 5.91. The van der Waals surface area contributed by atoms with Crippen molar-refractivity contribution in [2.45, 2.75) is 88.7 Å². The average Bonchev–Trinajstić information content (AvgIpc) is 2.50. The Morgan fingerprint density at radius 1 is 1.00 bits per heavy atom. The van der Waals surface area contributed by atoms with E-state index < -0.39 is 0 Å². The van der Waals surface area contributed by atoms with Crippen molar-refractivity contribution in [1.82, 2.24) is 0 Å². The third kappa shape index (κ3) is 8.87. The highest BCUT2D eigenvalue weighted by molar-refractivity contribution is 8.00. The van der Waals surface area contributed by atoms with Crippen LogP contribution in [0, 0.1) is 0 Å². The molecule has 0 N–H and O–H groups in total. The molecule has 0 aromatic carbocycles. The van der Waals surface area contributed by atoms with Gasteiger partial charge in [0, 0.05) is 16.9 Å². The van der Waals surface area contributed by atoms with E-state index in [0.717, 1.165) is 31.7 Å². The fourth-order valence-corrected chi connectivity index (χ4v) is 4.34. The maximum Gasteiger partial charge on any atom is 0.121 e. The molecular weight excluding hydrogens is 280 g/mol. The molecular formula is C18H34O2S. The number of thioether (sulfide) groups is 1. The molecule has 1 fully saturated rings. The molecule has 0 bridgehead atoms. The maximum atomic E-state index is 10.9. The second-order valence-electron chi connectivity index (χ2n) is 6.39. The van der Waals surface area contributed by atoms with E-state index in [1.54, 1.807) is 0 Å². The number of hydrogen-bond donors (Lipinski definition) is 0. The molecule has 0 aliphatic carbocycles. The summed E-state index contributed by atoms with van der Waals surface area (Å²) >= 11 is 1.96. The first kappa shape index (κ1) is 19.0. The fraction of sp³-hybridized carbons (Fsp3) is 0.944. The van der Waals surface area contributed by atoms with Gasteiger partial charge in [-0.15, -0.1) is 11.8 Å². The molecule has 0 radical (unpaired) electrons. The number of unbranched alkanes of at least 4 members (excludes halogenated alkanes) is 9. The zero-order chi connectivity index (χ0) is 15.2. The van der Waals surface area contributed by atoms with Crippen molar-refractivity contribution in [3.05, 3.63) is 0 Å². The van der Waals surface area contributed by atoms with Crippen LogP contribution in [0.2, 0.25) is 0 Å². The monoisotopic (exact) mass is 314 g/mol. The van der Waals surface area contributed by atoms with E-state index in [1.807, 2.05) is 11.8 Å². The molecule has 124 valence electrons. The Hall–Kier alpha value is -0.0200. The summed E-state index contributed by atoms with van der Waals surface area (Å²) in [6.07, 6.45) is 16.6. The lowest BCUT2D eigenvalue weighted by Crippen LogP contribution is -2.36. The number of carbonyl (C=O) groups is 1. The van der Waals surface area contributed by atoms with Crippen LogP contribution in [-0.2, 0) is 9.53 Å². The highest BCUT2D eigenvalue weighted by Crippen LogP contribution is 2.37. The predicted molar refractivity (Wildman–Crippen MR) is 93.2 cm³/mol. The Balaban J connectivity index is 1.98. The van der Waals surface area contributed by atoms with Gasteiger partial charge in [-0.25, -0.2) is 0 Å². The van der Waals surface area contributed by atoms with Crippen molar-refractivity contribution >= 4 is 18.0 Å². The number of carbonyl (C=O) groups excluding carboxylic acids is 1. The van der Waals surface area contributed by atoms with Crippen molar-refractivity contribution in [2.75, 3.05) is 19.0 Å². The van der Waals surface area contributed by atoms with E-state index in [2.05, 4.69) is 6.92 Å². The Morgan fingerprint density at radius 2 is 1.62 bits per heavy atom.